The van der Waals surface area contributed by atoms with Crippen molar-refractivity contribution in [3.05, 3.63) is 24.3 Å². The molecule has 1 fully saturated rings. The summed E-state index contributed by atoms with van der Waals surface area (Å²) in [6, 6.07) is 6.84. The average molecular weight is 291 g/mol. The number of ether oxygens (including phenoxy) is 1. The number of guanidine groups is 1. The van der Waals surface area contributed by atoms with Crippen molar-refractivity contribution in [2.75, 3.05) is 32.1 Å². The van der Waals surface area contributed by atoms with Gasteiger partial charge in [-0.25, -0.2) is 4.79 Å². The smallest absolute Gasteiger partial charge is 0.324 e. The first-order valence-electron chi connectivity index (χ1n) is 6.39. The molecule has 1 aliphatic rings. The van der Waals surface area contributed by atoms with Crippen LogP contribution in [-0.2, 0) is 4.79 Å². The van der Waals surface area contributed by atoms with Crippen molar-refractivity contribution in [2.45, 2.75) is 0 Å². The SMILES string of the molecule is COc1cccc(NC(N)=NCCN2C(=O)CNC2=O)c1. The number of imide groups is 1. The monoisotopic (exact) mass is 291 g/mol. The maximum atomic E-state index is 11.4. The number of aliphatic imine (C=N–C) groups is 1. The van der Waals surface area contributed by atoms with E-state index in [0.29, 0.717) is 5.75 Å². The van der Waals surface area contributed by atoms with Gasteiger partial charge in [0.2, 0.25) is 5.91 Å². The molecule has 1 aromatic rings. The highest BCUT2D eigenvalue weighted by Crippen LogP contribution is 2.16. The number of rotatable bonds is 5. The summed E-state index contributed by atoms with van der Waals surface area (Å²) in [5, 5.41) is 5.35. The minimum absolute atomic E-state index is 0.0418. The first-order chi connectivity index (χ1) is 10.1. The van der Waals surface area contributed by atoms with E-state index in [1.807, 2.05) is 18.2 Å². The lowest BCUT2D eigenvalue weighted by Gasteiger charge is -2.11. The molecule has 0 bridgehead atoms. The molecule has 1 heterocycles. The van der Waals surface area contributed by atoms with Gasteiger partial charge in [-0.1, -0.05) is 6.07 Å². The fourth-order valence-electron chi connectivity index (χ4n) is 1.84. The molecule has 8 heteroatoms. The highest BCUT2D eigenvalue weighted by molar-refractivity contribution is 6.02. The molecule has 0 saturated carbocycles. The number of carbonyl (C=O) groups is 2. The van der Waals surface area contributed by atoms with Crippen LogP contribution in [-0.4, -0.2) is 49.5 Å². The molecule has 0 aromatic heterocycles. The number of nitrogens with one attached hydrogen (secondary N) is 2. The summed E-state index contributed by atoms with van der Waals surface area (Å²) in [5.41, 5.74) is 6.49. The zero-order valence-electron chi connectivity index (χ0n) is 11.6. The van der Waals surface area contributed by atoms with Crippen molar-refractivity contribution in [1.29, 1.82) is 0 Å². The standard InChI is InChI=1S/C13H17N5O3/c1-21-10-4-2-3-9(7-10)17-12(14)15-5-6-18-11(19)8-16-13(18)20/h2-4,7H,5-6,8H2,1H3,(H,16,20)(H3,14,15,17). The molecule has 8 nitrogen and oxygen atoms in total. The first-order valence-corrected chi connectivity index (χ1v) is 6.39. The summed E-state index contributed by atoms with van der Waals surface area (Å²) < 4.78 is 5.10. The molecule has 3 amide bonds. The molecule has 1 aliphatic heterocycles. The zero-order valence-corrected chi connectivity index (χ0v) is 11.6. The number of anilines is 1. The molecule has 1 saturated heterocycles. The van der Waals surface area contributed by atoms with Gasteiger partial charge in [0.15, 0.2) is 5.96 Å². The molecule has 4 N–H and O–H groups in total. The van der Waals surface area contributed by atoms with E-state index >= 15 is 0 Å². The van der Waals surface area contributed by atoms with Crippen LogP contribution >= 0.6 is 0 Å². The predicted molar refractivity (Wildman–Crippen MR) is 78.2 cm³/mol. The molecule has 2 rings (SSSR count). The number of hydrogen-bond acceptors (Lipinski definition) is 4. The Labute approximate surface area is 122 Å². The molecule has 0 spiro atoms. The Kier molecular flexibility index (Phi) is 4.60. The third kappa shape index (κ3) is 3.85. The van der Waals surface area contributed by atoms with Crippen LogP contribution in [0.5, 0.6) is 5.75 Å². The molecule has 1 aromatic carbocycles. The van der Waals surface area contributed by atoms with Crippen LogP contribution in [0.1, 0.15) is 0 Å². The molecule has 0 unspecified atom stereocenters. The van der Waals surface area contributed by atoms with Crippen LogP contribution in [0, 0.1) is 0 Å². The van der Waals surface area contributed by atoms with Crippen molar-refractivity contribution in [3.8, 4) is 5.75 Å². The number of amides is 3. The topological polar surface area (TPSA) is 109 Å². The van der Waals surface area contributed by atoms with Crippen LogP contribution < -0.4 is 21.1 Å². The van der Waals surface area contributed by atoms with E-state index in [-0.39, 0.29) is 31.5 Å². The first kappa shape index (κ1) is 14.6. The Hall–Kier alpha value is -2.77. The van der Waals surface area contributed by atoms with Crippen LogP contribution in [0.25, 0.3) is 0 Å². The van der Waals surface area contributed by atoms with Crippen molar-refractivity contribution in [2.24, 2.45) is 10.7 Å². The number of hydrogen-bond donors (Lipinski definition) is 3. The van der Waals surface area contributed by atoms with Gasteiger partial charge in [0.25, 0.3) is 0 Å². The second-order valence-corrected chi connectivity index (χ2v) is 4.33. The maximum Gasteiger partial charge on any atom is 0.324 e. The second kappa shape index (κ2) is 6.60. The highest BCUT2D eigenvalue weighted by Gasteiger charge is 2.27. The van der Waals surface area contributed by atoms with Gasteiger partial charge < -0.3 is 21.1 Å². The van der Waals surface area contributed by atoms with Crippen molar-refractivity contribution in [1.82, 2.24) is 10.2 Å². The lowest BCUT2D eigenvalue weighted by molar-refractivity contribution is -0.124. The van der Waals surface area contributed by atoms with E-state index in [9.17, 15) is 9.59 Å². The van der Waals surface area contributed by atoms with E-state index in [0.717, 1.165) is 10.6 Å². The third-order valence-electron chi connectivity index (χ3n) is 2.88. The third-order valence-corrected chi connectivity index (χ3v) is 2.88. The summed E-state index contributed by atoms with van der Waals surface area (Å²) in [6.45, 7) is 0.479. The quantitative estimate of drug-likeness (QED) is 0.401. The van der Waals surface area contributed by atoms with Gasteiger partial charge in [0, 0.05) is 11.8 Å². The molecular weight excluding hydrogens is 274 g/mol. The van der Waals surface area contributed by atoms with Crippen molar-refractivity contribution in [3.63, 3.8) is 0 Å². The Balaban J connectivity index is 1.86. The fourth-order valence-corrected chi connectivity index (χ4v) is 1.84. The molecule has 112 valence electrons. The van der Waals surface area contributed by atoms with E-state index < -0.39 is 6.03 Å². The molecule has 0 aliphatic carbocycles. The van der Waals surface area contributed by atoms with Gasteiger partial charge in [-0.2, -0.15) is 0 Å². The summed E-state index contributed by atoms with van der Waals surface area (Å²) in [4.78, 5) is 27.9. The molecule has 0 radical (unpaired) electrons. The molecular formula is C13H17N5O3. The van der Waals surface area contributed by atoms with Gasteiger partial charge in [-0.15, -0.1) is 0 Å². The summed E-state index contributed by atoms with van der Waals surface area (Å²) in [6.07, 6.45) is 0. The van der Waals surface area contributed by atoms with Crippen LogP contribution in [0.15, 0.2) is 29.3 Å². The number of benzene rings is 1. The average Bonchev–Trinajstić information content (AvgIpc) is 2.79. The summed E-state index contributed by atoms with van der Waals surface area (Å²) in [7, 11) is 1.58. The van der Waals surface area contributed by atoms with Crippen LogP contribution in [0.2, 0.25) is 0 Å². The van der Waals surface area contributed by atoms with E-state index in [1.165, 1.54) is 0 Å². The molecule has 21 heavy (non-hydrogen) atoms. The largest absolute Gasteiger partial charge is 0.497 e. The van der Waals surface area contributed by atoms with Gasteiger partial charge in [0.05, 0.1) is 26.7 Å². The Morgan fingerprint density at radius 1 is 1.52 bits per heavy atom. The fraction of sp³-hybridized carbons (Fsp3) is 0.308. The van der Waals surface area contributed by atoms with Crippen molar-refractivity contribution >= 4 is 23.6 Å². The Bertz CT molecular complexity index is 557. The normalized spacial score (nSPS) is 15.1. The minimum Gasteiger partial charge on any atom is -0.497 e. The lowest BCUT2D eigenvalue weighted by Crippen LogP contribution is -2.34. The Morgan fingerprint density at radius 3 is 3.00 bits per heavy atom. The van der Waals surface area contributed by atoms with Gasteiger partial charge >= 0.3 is 6.03 Å². The van der Waals surface area contributed by atoms with E-state index in [4.69, 9.17) is 10.5 Å². The van der Waals surface area contributed by atoms with Crippen molar-refractivity contribution < 1.29 is 14.3 Å². The van der Waals surface area contributed by atoms with E-state index in [2.05, 4.69) is 15.6 Å². The highest BCUT2D eigenvalue weighted by atomic mass is 16.5. The summed E-state index contributed by atoms with van der Waals surface area (Å²) in [5.74, 6) is 0.650. The van der Waals surface area contributed by atoms with Gasteiger partial charge in [-0.05, 0) is 12.1 Å². The number of nitrogens with zero attached hydrogens (tertiary/aromatic N) is 2. The zero-order chi connectivity index (χ0) is 15.2. The predicted octanol–water partition coefficient (Wildman–Crippen LogP) is -0.0264. The number of methoxy groups -OCH3 is 1. The lowest BCUT2D eigenvalue weighted by atomic mass is 10.3. The van der Waals surface area contributed by atoms with Crippen LogP contribution in [0.3, 0.4) is 0 Å². The van der Waals surface area contributed by atoms with E-state index in [1.54, 1.807) is 13.2 Å². The van der Waals surface area contributed by atoms with Gasteiger partial charge in [0.1, 0.15) is 5.75 Å². The maximum absolute atomic E-state index is 11.4. The number of urea groups is 1. The van der Waals surface area contributed by atoms with Gasteiger partial charge in [-0.3, -0.25) is 14.7 Å². The second-order valence-electron chi connectivity index (χ2n) is 4.33. The summed E-state index contributed by atoms with van der Waals surface area (Å²) >= 11 is 0. The Morgan fingerprint density at radius 2 is 2.33 bits per heavy atom. The molecule has 0 atom stereocenters. The number of carbonyl (C=O) groups excluding carboxylic acids is 2. The number of nitrogens with two attached hydrogens (primary N) is 1. The van der Waals surface area contributed by atoms with Crippen LogP contribution in [0.4, 0.5) is 10.5 Å². The minimum atomic E-state index is -0.394.